The lowest BCUT2D eigenvalue weighted by Crippen LogP contribution is -2.59. The van der Waals surface area contributed by atoms with Gasteiger partial charge in [0.25, 0.3) is 16.7 Å². The van der Waals surface area contributed by atoms with E-state index in [9.17, 15) is 44.1 Å². The molecule has 0 radical (unpaired) electrons. The molecule has 12 aliphatic rings. The van der Waals surface area contributed by atoms with E-state index in [4.69, 9.17) is 24.5 Å². The number of carbonyl (C=O) groups is 3. The van der Waals surface area contributed by atoms with Crippen molar-refractivity contribution in [3.8, 4) is 0 Å². The van der Waals surface area contributed by atoms with E-state index in [0.29, 0.717) is 91.3 Å². The smallest absolute Gasteiger partial charge is 0.303 e. The Balaban J connectivity index is 0.000000144. The maximum atomic E-state index is 14.5. The van der Waals surface area contributed by atoms with E-state index in [1.807, 2.05) is 101 Å². The highest BCUT2D eigenvalue weighted by molar-refractivity contribution is 6.02. The molecule has 21 atom stereocenters. The first-order chi connectivity index (χ1) is 63.6. The average Bonchev–Trinajstić information content (AvgIpc) is 0.752. The first-order valence-electron chi connectivity index (χ1n) is 51.5. The van der Waals surface area contributed by atoms with Crippen molar-refractivity contribution >= 4 is 68.1 Å². The van der Waals surface area contributed by atoms with Gasteiger partial charge in [-0.3, -0.25) is 43.5 Å². The standard InChI is InChI=1S/C37H55N5O4.C36H53N5O4.C32H44N4O4/c1-4-25-18-26-20-27(19-25)22-30(21-26)41-28-10-9-11-29(41)24-31(23-28)42-34-13-8-7-12-32(34)38-36(37(42)45)33(14-15-35(43)44)39-46-17-16-40(5-2)6-3;1-4-24-17-25-19-26(18-24)21-29(20-25)40-27-9-7-10-28(40)23-30(22-27)41-33-12-6-5-11-31(33)37-35(36(41)44)32(13-14-34(42)43)38-45-16-8-15-39(2)3;1-3-20-13-21-15-22(14-20)17-25(16-21)35-23-7-6-8-24(35)19-26(18-23)36-29-10-5-4-9-27(29)33-31(32(36)39)28(34-40-2)11-12-30(37)38/h7-8,12-13,25-31H,4-6,9-11,14-24H2,1-3H3,(H,43,44);5-6,11-12,24-30H,4,7-10,13-23H2,1-3H3,(H,42,43);4-5,9-10,20-26H,3,6-8,11-19H2,1-2H3,(H,37,38)/b39-33+;38-32+;34-28+/t25?,26-,27+,28-,29+,30?,31?;24?,25-,26+,27-,28+,29?,30?;20?,21-,22+,23-,24+,25?,26?. The average molecular weight is 1800 g/mol. The van der Waals surface area contributed by atoms with Crippen LogP contribution in [0, 0.1) is 53.3 Å². The van der Waals surface area contributed by atoms with Crippen LogP contribution in [-0.4, -0.2) is 218 Å². The van der Waals surface area contributed by atoms with Crippen LogP contribution < -0.4 is 16.7 Å². The fourth-order valence-corrected chi connectivity index (χ4v) is 28.1. The predicted octanol–water partition coefficient (Wildman–Crippen LogP) is 18.4. The summed E-state index contributed by atoms with van der Waals surface area (Å²) in [6.45, 7) is 15.5. The number of hydrogen-bond acceptors (Lipinski definition) is 20. The van der Waals surface area contributed by atoms with E-state index >= 15 is 0 Å². The molecule has 9 unspecified atom stereocenters. The normalized spacial score (nSPS) is 31.0. The summed E-state index contributed by atoms with van der Waals surface area (Å²) in [7, 11) is 5.42. The van der Waals surface area contributed by atoms with Crippen LogP contribution >= 0.6 is 0 Å². The number of hydrogen-bond donors (Lipinski definition) is 3. The Bertz CT molecular complexity index is 5090. The summed E-state index contributed by atoms with van der Waals surface area (Å²) in [6, 6.07) is 28.9. The van der Waals surface area contributed by atoms with Gasteiger partial charge in [-0.15, -0.1) is 0 Å². The minimum absolute atomic E-state index is 0.0718. The van der Waals surface area contributed by atoms with Gasteiger partial charge in [0.15, 0.2) is 17.1 Å². The van der Waals surface area contributed by atoms with Crippen molar-refractivity contribution in [2.24, 2.45) is 68.7 Å². The van der Waals surface area contributed by atoms with Gasteiger partial charge in [0.05, 0.1) is 52.4 Å². The van der Waals surface area contributed by atoms with Gasteiger partial charge in [0.2, 0.25) is 0 Å². The fraction of sp³-hybridized carbons (Fsp3) is 0.714. The molecular formula is C105H152N14O12. The number of aliphatic carboxylic acids is 3. The molecule has 131 heavy (non-hydrogen) atoms. The first-order valence-corrected chi connectivity index (χ1v) is 51.5. The molecule has 18 rings (SSSR count). The summed E-state index contributed by atoms with van der Waals surface area (Å²) in [4.78, 5) is 121. The Morgan fingerprint density at radius 1 is 0.366 bits per heavy atom. The maximum absolute atomic E-state index is 14.5. The van der Waals surface area contributed by atoms with Crippen molar-refractivity contribution in [3.05, 3.63) is 121 Å². The fourth-order valence-electron chi connectivity index (χ4n) is 28.1. The molecule has 9 heterocycles. The highest BCUT2D eigenvalue weighted by Crippen LogP contribution is 2.54. The minimum atomic E-state index is -0.942. The van der Waals surface area contributed by atoms with Crippen LogP contribution in [-0.2, 0) is 28.9 Å². The maximum Gasteiger partial charge on any atom is 0.303 e. The summed E-state index contributed by atoms with van der Waals surface area (Å²) in [5.41, 5.74) is 5.82. The van der Waals surface area contributed by atoms with E-state index in [1.165, 1.54) is 180 Å². The largest absolute Gasteiger partial charge is 0.481 e. The molecule has 3 aromatic carbocycles. The number of piperidine rings is 6. The van der Waals surface area contributed by atoms with E-state index in [-0.39, 0.29) is 90.4 Å². The summed E-state index contributed by atoms with van der Waals surface area (Å²) in [5, 5.41) is 41.0. The van der Waals surface area contributed by atoms with Gasteiger partial charge in [0.1, 0.15) is 37.5 Å². The van der Waals surface area contributed by atoms with Crippen LogP contribution in [0.25, 0.3) is 33.1 Å². The molecule has 6 aliphatic carbocycles. The van der Waals surface area contributed by atoms with Crippen molar-refractivity contribution in [2.75, 3.05) is 60.6 Å². The first kappa shape index (κ1) is 95.8. The zero-order valence-corrected chi connectivity index (χ0v) is 79.9. The predicted molar refractivity (Wildman–Crippen MR) is 516 cm³/mol. The number of carboxylic acid groups (broad SMARTS) is 3. The summed E-state index contributed by atoms with van der Waals surface area (Å²) in [5.74, 6) is 5.27. The van der Waals surface area contributed by atoms with E-state index in [2.05, 4.69) is 79.6 Å². The van der Waals surface area contributed by atoms with Gasteiger partial charge in [-0.2, -0.15) is 0 Å². The zero-order chi connectivity index (χ0) is 91.5. The van der Waals surface area contributed by atoms with Gasteiger partial charge in [-0.05, 0) is 297 Å². The molecule has 6 saturated heterocycles. The molecular weight excluding hydrogens is 1650 g/mol. The lowest BCUT2D eigenvalue weighted by Gasteiger charge is -2.56. The Morgan fingerprint density at radius 3 is 0.931 bits per heavy atom. The second-order valence-electron chi connectivity index (χ2n) is 42.1. The number of fused-ring (bicyclic) bond motifs is 15. The third-order valence-corrected chi connectivity index (χ3v) is 33.5. The summed E-state index contributed by atoms with van der Waals surface area (Å²) >= 11 is 0. The van der Waals surface area contributed by atoms with Crippen LogP contribution in [0.4, 0.5) is 0 Å². The lowest BCUT2D eigenvalue weighted by atomic mass is 9.64. The third kappa shape index (κ3) is 22.6. The van der Waals surface area contributed by atoms with Crippen molar-refractivity contribution in [3.63, 3.8) is 0 Å². The SMILES string of the molecule is CCC1C[C@@H]2CC(N3[C@@H]4CCC[C@H]3CC(n3c(=O)c(/C(CCC(=O)O)=N/OC)nc5ccccc53)C4)C[C@H](C1)C2.CCC1C[C@@H]2CC(N3[C@@H]4CCC[C@H]3CC(n3c(=O)c(/C(CCC(=O)O)=N/OCCCN(C)C)nc5ccccc53)C4)C[C@H](C1)C2.CCC1C[C@@H]2CC(N3[C@@H]4CCC[C@H]3CC(n3c(=O)c(/C(CCC(=O)O)=N/OCCN(CC)CC)nc5ccccc53)C4)C[C@H](C1)C2. The summed E-state index contributed by atoms with van der Waals surface area (Å²) in [6.07, 6.45) is 42.4. The molecule has 26 nitrogen and oxygen atoms in total. The van der Waals surface area contributed by atoms with Gasteiger partial charge in [-0.1, -0.05) is 125 Å². The minimum Gasteiger partial charge on any atom is -0.481 e. The number of carboxylic acids is 3. The van der Waals surface area contributed by atoms with Crippen LogP contribution in [0.1, 0.15) is 327 Å². The van der Waals surface area contributed by atoms with Crippen molar-refractivity contribution in [2.45, 2.75) is 364 Å². The van der Waals surface area contributed by atoms with Gasteiger partial charge in [0, 0.05) is 105 Å². The molecule has 714 valence electrons. The van der Waals surface area contributed by atoms with Crippen LogP contribution in [0.15, 0.2) is 103 Å². The second kappa shape index (κ2) is 44.5. The number of oxime groups is 3. The van der Waals surface area contributed by atoms with Gasteiger partial charge in [-0.25, -0.2) is 15.0 Å². The topological polar surface area (TPSA) is 298 Å². The van der Waals surface area contributed by atoms with Crippen LogP contribution in [0.2, 0.25) is 0 Å². The van der Waals surface area contributed by atoms with E-state index in [0.717, 1.165) is 151 Å². The number of aromatic nitrogens is 6. The number of benzene rings is 3. The highest BCUT2D eigenvalue weighted by Gasteiger charge is 2.51. The van der Waals surface area contributed by atoms with Gasteiger partial charge < -0.3 is 53.3 Å². The molecule has 3 N–H and O–H groups in total. The highest BCUT2D eigenvalue weighted by atomic mass is 16.6. The Morgan fingerprint density at radius 2 is 0.656 bits per heavy atom. The second-order valence-corrected chi connectivity index (χ2v) is 42.1. The van der Waals surface area contributed by atoms with Crippen molar-refractivity contribution in [1.29, 1.82) is 0 Å². The molecule has 3 aromatic heterocycles. The molecule has 0 amide bonds. The Hall–Kier alpha value is -8.30. The van der Waals surface area contributed by atoms with E-state index < -0.39 is 17.9 Å². The summed E-state index contributed by atoms with van der Waals surface area (Å²) < 4.78 is 5.95. The molecule has 6 aromatic rings. The molecule has 0 spiro atoms. The molecule has 12 bridgehead atoms. The lowest BCUT2D eigenvalue weighted by molar-refractivity contribution is -0.137. The zero-order valence-electron chi connectivity index (χ0n) is 79.9. The van der Waals surface area contributed by atoms with Gasteiger partial charge >= 0.3 is 17.9 Å². The number of rotatable bonds is 33. The molecule has 26 heteroatoms. The monoisotopic (exact) mass is 1800 g/mol. The van der Waals surface area contributed by atoms with Crippen LogP contribution in [0.3, 0.4) is 0 Å². The van der Waals surface area contributed by atoms with E-state index in [1.54, 1.807) is 0 Å². The van der Waals surface area contributed by atoms with Crippen molar-refractivity contribution in [1.82, 2.24) is 53.2 Å². The molecule has 6 saturated carbocycles. The molecule has 6 aliphatic heterocycles. The molecule has 12 fully saturated rings. The van der Waals surface area contributed by atoms with Crippen molar-refractivity contribution < 1.29 is 44.2 Å². The Labute approximate surface area is 775 Å². The number of likely N-dealkylation sites (N-methyl/N-ethyl adjacent to an activating group) is 1. The van der Waals surface area contributed by atoms with Crippen LogP contribution in [0.5, 0.6) is 0 Å². The third-order valence-electron chi connectivity index (χ3n) is 33.5. The Kier molecular flexibility index (Phi) is 32.5. The number of para-hydroxylation sites is 6. The quantitative estimate of drug-likeness (QED) is 0.0196. The number of nitrogens with zero attached hydrogens (tertiary/aromatic N) is 14.